The van der Waals surface area contributed by atoms with Gasteiger partial charge in [0.1, 0.15) is 6.26 Å². The van der Waals surface area contributed by atoms with Gasteiger partial charge in [-0.1, -0.05) is 30.3 Å². The van der Waals surface area contributed by atoms with Gasteiger partial charge in [0.25, 0.3) is 0 Å². The normalized spacial score (nSPS) is 17.0. The van der Waals surface area contributed by atoms with Gasteiger partial charge in [-0.2, -0.15) is 13.2 Å². The van der Waals surface area contributed by atoms with Crippen LogP contribution in [0.3, 0.4) is 0 Å². The highest BCUT2D eigenvalue weighted by Gasteiger charge is 2.38. The van der Waals surface area contributed by atoms with E-state index in [1.807, 2.05) is 6.07 Å². The van der Waals surface area contributed by atoms with Gasteiger partial charge >= 0.3 is 12.1 Å². The quantitative estimate of drug-likeness (QED) is 0.520. The lowest BCUT2D eigenvalue weighted by Gasteiger charge is -2.39. The summed E-state index contributed by atoms with van der Waals surface area (Å²) >= 11 is 0. The van der Waals surface area contributed by atoms with Gasteiger partial charge in [-0.05, 0) is 37.2 Å². The van der Waals surface area contributed by atoms with Crippen molar-refractivity contribution in [3.8, 4) is 11.5 Å². The summed E-state index contributed by atoms with van der Waals surface area (Å²) in [6, 6.07) is 14.5. The van der Waals surface area contributed by atoms with E-state index in [1.54, 1.807) is 6.26 Å². The van der Waals surface area contributed by atoms with Crippen LogP contribution in [0.4, 0.5) is 22.0 Å². The Balaban J connectivity index is 0.000000429. The van der Waals surface area contributed by atoms with Gasteiger partial charge in [0.2, 0.25) is 5.89 Å². The maximum Gasteiger partial charge on any atom is 0.490 e. The second-order valence-electron chi connectivity index (χ2n) is 8.15. The standard InChI is InChI=1S/C22H23F2N3O.C2HF3O2/c1-26-9-10-27(19(14-26)11-16-5-3-2-4-6-16)13-18-15-28-22(25-18)17-7-8-20(23)21(24)12-17;3-2(4,5)1(6)7/h2-8,12,15,19H,9-11,13-14H2,1H3;(H,6,7). The van der Waals surface area contributed by atoms with Gasteiger partial charge in [0.15, 0.2) is 11.6 Å². The highest BCUT2D eigenvalue weighted by atomic mass is 19.4. The number of carboxylic acids is 1. The van der Waals surface area contributed by atoms with E-state index in [1.165, 1.54) is 11.6 Å². The van der Waals surface area contributed by atoms with Crippen LogP contribution in [-0.2, 0) is 17.8 Å². The molecule has 1 fully saturated rings. The highest BCUT2D eigenvalue weighted by Crippen LogP contribution is 2.23. The average molecular weight is 497 g/mol. The molecule has 1 unspecified atom stereocenters. The minimum absolute atomic E-state index is 0.308. The van der Waals surface area contributed by atoms with Gasteiger partial charge in [-0.25, -0.2) is 18.6 Å². The summed E-state index contributed by atoms with van der Waals surface area (Å²) in [7, 11) is 2.15. The molecule has 0 bridgehead atoms. The smallest absolute Gasteiger partial charge is 0.475 e. The number of benzene rings is 2. The van der Waals surface area contributed by atoms with E-state index in [0.717, 1.165) is 43.9 Å². The minimum atomic E-state index is -5.08. The molecule has 188 valence electrons. The van der Waals surface area contributed by atoms with Crippen LogP contribution in [0.2, 0.25) is 0 Å². The van der Waals surface area contributed by atoms with Crippen molar-refractivity contribution in [1.29, 1.82) is 0 Å². The van der Waals surface area contributed by atoms with Crippen LogP contribution in [0.15, 0.2) is 59.2 Å². The van der Waals surface area contributed by atoms with E-state index in [9.17, 15) is 22.0 Å². The zero-order valence-electron chi connectivity index (χ0n) is 18.8. The monoisotopic (exact) mass is 497 g/mol. The van der Waals surface area contributed by atoms with Crippen LogP contribution < -0.4 is 0 Å². The molecule has 4 rings (SSSR count). The molecule has 1 N–H and O–H groups in total. The zero-order chi connectivity index (χ0) is 25.6. The lowest BCUT2D eigenvalue weighted by Crippen LogP contribution is -2.52. The first-order valence-electron chi connectivity index (χ1n) is 10.7. The van der Waals surface area contributed by atoms with Gasteiger partial charge < -0.3 is 14.4 Å². The topological polar surface area (TPSA) is 69.8 Å². The number of likely N-dealkylation sites (N-methyl/N-ethyl adjacent to an activating group) is 1. The number of nitrogens with zero attached hydrogens (tertiary/aromatic N) is 3. The number of carbonyl (C=O) groups is 1. The molecule has 1 aliphatic rings. The largest absolute Gasteiger partial charge is 0.490 e. The first-order chi connectivity index (χ1) is 16.5. The lowest BCUT2D eigenvalue weighted by molar-refractivity contribution is -0.192. The molecule has 1 aromatic heterocycles. The Labute approximate surface area is 198 Å². The van der Waals surface area contributed by atoms with E-state index in [4.69, 9.17) is 14.3 Å². The first-order valence-corrected chi connectivity index (χ1v) is 10.7. The minimum Gasteiger partial charge on any atom is -0.475 e. The molecule has 3 aromatic rings. The van der Waals surface area contributed by atoms with Gasteiger partial charge in [0.05, 0.1) is 5.69 Å². The molecule has 35 heavy (non-hydrogen) atoms. The van der Waals surface area contributed by atoms with E-state index in [-0.39, 0.29) is 0 Å². The summed E-state index contributed by atoms with van der Waals surface area (Å²) < 4.78 is 63.9. The molecule has 6 nitrogen and oxygen atoms in total. The lowest BCUT2D eigenvalue weighted by atomic mass is 10.0. The summed E-state index contributed by atoms with van der Waals surface area (Å²) in [5, 5.41) is 7.12. The third-order valence-corrected chi connectivity index (χ3v) is 5.45. The van der Waals surface area contributed by atoms with Crippen molar-refractivity contribution < 1.29 is 36.3 Å². The van der Waals surface area contributed by atoms with E-state index in [0.29, 0.717) is 24.0 Å². The molecule has 0 saturated carbocycles. The van der Waals surface area contributed by atoms with Crippen molar-refractivity contribution >= 4 is 5.97 Å². The van der Waals surface area contributed by atoms with Crippen molar-refractivity contribution in [2.75, 3.05) is 26.7 Å². The van der Waals surface area contributed by atoms with Crippen LogP contribution >= 0.6 is 0 Å². The predicted molar refractivity (Wildman–Crippen MR) is 117 cm³/mol. The summed E-state index contributed by atoms with van der Waals surface area (Å²) in [5.41, 5.74) is 2.54. The molecule has 0 aliphatic carbocycles. The first kappa shape index (κ1) is 26.3. The number of alkyl halides is 3. The summed E-state index contributed by atoms with van der Waals surface area (Å²) in [4.78, 5) is 18.2. The number of hydrogen-bond acceptors (Lipinski definition) is 5. The maximum atomic E-state index is 13.5. The Morgan fingerprint density at radius 2 is 1.80 bits per heavy atom. The fourth-order valence-electron chi connectivity index (χ4n) is 3.69. The summed E-state index contributed by atoms with van der Waals surface area (Å²) in [6.45, 7) is 3.60. The molecular formula is C24H24F5N3O3. The number of aliphatic carboxylic acids is 1. The Morgan fingerprint density at radius 1 is 1.11 bits per heavy atom. The number of oxazole rings is 1. The third kappa shape index (κ3) is 7.59. The summed E-state index contributed by atoms with van der Waals surface area (Å²) in [5.74, 6) is -4.23. The molecule has 0 radical (unpaired) electrons. The van der Waals surface area contributed by atoms with E-state index < -0.39 is 23.8 Å². The van der Waals surface area contributed by atoms with Crippen LogP contribution in [0.5, 0.6) is 0 Å². The number of piperazine rings is 1. The maximum absolute atomic E-state index is 13.5. The number of rotatable bonds is 5. The van der Waals surface area contributed by atoms with Crippen LogP contribution in [0, 0.1) is 11.6 Å². The SMILES string of the molecule is CN1CCN(Cc2coc(-c3ccc(F)c(F)c3)n2)C(Cc2ccccc2)C1.O=C(O)C(F)(F)F. The molecule has 1 saturated heterocycles. The predicted octanol–water partition coefficient (Wildman–Crippen LogP) is 4.61. The van der Waals surface area contributed by atoms with Crippen molar-refractivity contribution in [3.05, 3.63) is 77.7 Å². The second-order valence-corrected chi connectivity index (χ2v) is 8.15. The van der Waals surface area contributed by atoms with E-state index in [2.05, 4.69) is 46.1 Å². The van der Waals surface area contributed by atoms with Gasteiger partial charge in [-0.3, -0.25) is 4.90 Å². The highest BCUT2D eigenvalue weighted by molar-refractivity contribution is 5.73. The van der Waals surface area contributed by atoms with Crippen molar-refractivity contribution in [2.24, 2.45) is 0 Å². The van der Waals surface area contributed by atoms with Crippen LogP contribution in [-0.4, -0.2) is 64.8 Å². The molecule has 2 heterocycles. The zero-order valence-corrected chi connectivity index (χ0v) is 18.8. The number of halogens is 5. The number of carboxylic acid groups (broad SMARTS) is 1. The van der Waals surface area contributed by atoms with Crippen LogP contribution in [0.1, 0.15) is 11.3 Å². The van der Waals surface area contributed by atoms with E-state index >= 15 is 0 Å². The molecule has 1 aliphatic heterocycles. The van der Waals surface area contributed by atoms with Crippen molar-refractivity contribution in [3.63, 3.8) is 0 Å². The molecule has 2 aromatic carbocycles. The third-order valence-electron chi connectivity index (χ3n) is 5.45. The molecule has 1 atom stereocenters. The van der Waals surface area contributed by atoms with Gasteiger partial charge in [0, 0.05) is 37.8 Å². The Kier molecular flexibility index (Phi) is 8.57. The number of aromatic nitrogens is 1. The average Bonchev–Trinajstić information content (AvgIpc) is 3.26. The van der Waals surface area contributed by atoms with Crippen molar-refractivity contribution in [2.45, 2.75) is 25.2 Å². The van der Waals surface area contributed by atoms with Gasteiger partial charge in [-0.15, -0.1) is 0 Å². The molecular weight excluding hydrogens is 473 g/mol. The van der Waals surface area contributed by atoms with Crippen molar-refractivity contribution in [1.82, 2.24) is 14.8 Å². The van der Waals surface area contributed by atoms with Crippen LogP contribution in [0.25, 0.3) is 11.5 Å². The summed E-state index contributed by atoms with van der Waals surface area (Å²) in [6.07, 6.45) is -2.51. The molecule has 0 amide bonds. The molecule has 11 heteroatoms. The Bertz CT molecular complexity index is 1120. The fraction of sp³-hybridized carbons (Fsp3) is 0.333. The second kappa shape index (κ2) is 11.4. The Hall–Kier alpha value is -3.31. The molecule has 0 spiro atoms. The number of hydrogen-bond donors (Lipinski definition) is 1. The fourth-order valence-corrected chi connectivity index (χ4v) is 3.69. The Morgan fingerprint density at radius 3 is 2.43 bits per heavy atom.